The third-order valence-corrected chi connectivity index (χ3v) is 7.93. The Morgan fingerprint density at radius 1 is 1.00 bits per heavy atom. The lowest BCUT2D eigenvalue weighted by molar-refractivity contribution is -0.171. The van der Waals surface area contributed by atoms with E-state index in [2.05, 4.69) is 11.0 Å². The van der Waals surface area contributed by atoms with Gasteiger partial charge in [-0.2, -0.15) is 13.2 Å². The molecule has 0 spiro atoms. The summed E-state index contributed by atoms with van der Waals surface area (Å²) in [6, 6.07) is 11.1. The van der Waals surface area contributed by atoms with Gasteiger partial charge in [0.05, 0.1) is 18.6 Å². The number of esters is 1. The van der Waals surface area contributed by atoms with E-state index in [1.807, 2.05) is 30.3 Å². The minimum atomic E-state index is -4.59. The van der Waals surface area contributed by atoms with Crippen LogP contribution in [0.2, 0.25) is 0 Å². The second kappa shape index (κ2) is 9.19. The maximum absolute atomic E-state index is 13.2. The Kier molecular flexibility index (Phi) is 6.41. The van der Waals surface area contributed by atoms with Crippen molar-refractivity contribution in [3.63, 3.8) is 0 Å². The molecule has 3 saturated heterocycles. The highest BCUT2D eigenvalue weighted by atomic mass is 19.4. The third-order valence-electron chi connectivity index (χ3n) is 7.93. The van der Waals surface area contributed by atoms with Crippen molar-refractivity contribution in [1.29, 1.82) is 0 Å². The molecule has 2 aromatic carbocycles. The van der Waals surface area contributed by atoms with Gasteiger partial charge in [-0.25, -0.2) is 0 Å². The van der Waals surface area contributed by atoms with Gasteiger partial charge in [0.1, 0.15) is 18.3 Å². The number of ether oxygens (including phenoxy) is 2. The fourth-order valence-electron chi connectivity index (χ4n) is 6.27. The zero-order valence-electron chi connectivity index (χ0n) is 21.5. The van der Waals surface area contributed by atoms with E-state index in [4.69, 9.17) is 9.47 Å². The van der Waals surface area contributed by atoms with Crippen molar-refractivity contribution in [1.82, 2.24) is 9.80 Å². The Hall–Kier alpha value is -2.81. The molecular weight excluding hydrogens is 485 g/mol. The number of alkyl halides is 3. The molecule has 0 N–H and O–H groups in total. The first-order chi connectivity index (χ1) is 17.3. The number of amides is 1. The number of carbonyl (C=O) groups is 2. The largest absolute Gasteiger partial charge is 0.497 e. The molecule has 3 heterocycles. The van der Waals surface area contributed by atoms with Crippen LogP contribution in [0.15, 0.2) is 36.4 Å². The Morgan fingerprint density at radius 3 is 2.35 bits per heavy atom. The Morgan fingerprint density at radius 2 is 1.68 bits per heavy atom. The van der Waals surface area contributed by atoms with Crippen molar-refractivity contribution in [2.75, 3.05) is 13.7 Å². The second-order valence-corrected chi connectivity index (χ2v) is 11.6. The molecule has 5 rings (SSSR count). The number of hydrogen-bond acceptors (Lipinski definition) is 5. The van der Waals surface area contributed by atoms with Crippen molar-refractivity contribution in [3.8, 4) is 5.75 Å². The van der Waals surface area contributed by atoms with Gasteiger partial charge < -0.3 is 14.4 Å². The second-order valence-electron chi connectivity index (χ2n) is 11.6. The summed E-state index contributed by atoms with van der Waals surface area (Å²) in [5.74, 6) is -0.484. The maximum atomic E-state index is 13.2. The number of halogens is 3. The van der Waals surface area contributed by atoms with Gasteiger partial charge >= 0.3 is 12.1 Å². The van der Waals surface area contributed by atoms with Crippen LogP contribution in [-0.2, 0) is 20.9 Å². The molecule has 0 aliphatic carbocycles. The highest BCUT2D eigenvalue weighted by Crippen LogP contribution is 2.48. The number of methoxy groups -OCH3 is 1. The summed E-state index contributed by atoms with van der Waals surface area (Å²) in [5.41, 5.74) is 0.293. The Labute approximate surface area is 214 Å². The summed E-state index contributed by atoms with van der Waals surface area (Å²) in [4.78, 5) is 29.4. The van der Waals surface area contributed by atoms with Gasteiger partial charge in [-0.05, 0) is 74.1 Å². The number of rotatable bonds is 5. The van der Waals surface area contributed by atoms with E-state index < -0.39 is 42.0 Å². The standard InChI is InChI=1S/C28H33F3N2O4/c1-27(2,3)26(35)37-25-22-11-17-10-21(24(25)33(15-17)23(34)13-28(29,30)31)32(22)14-16-5-6-19-12-20(36-4)8-7-18(19)9-16/h5-9,12,17,21-22,24-25H,10-11,13-15H2,1-4H3/t17-,21-,22+,24?,25+/m1/s1. The van der Waals surface area contributed by atoms with Crippen LogP contribution < -0.4 is 4.74 Å². The fourth-order valence-corrected chi connectivity index (χ4v) is 6.27. The predicted molar refractivity (Wildman–Crippen MR) is 132 cm³/mol. The molecule has 3 bridgehead atoms. The Bertz CT molecular complexity index is 1210. The number of benzene rings is 2. The molecule has 3 aliphatic rings. The number of fused-ring (bicyclic) bond motifs is 3. The number of carbonyl (C=O) groups excluding carboxylic acids is 2. The van der Waals surface area contributed by atoms with Gasteiger partial charge in [0, 0.05) is 25.2 Å². The van der Waals surface area contributed by atoms with E-state index in [1.54, 1.807) is 27.9 Å². The van der Waals surface area contributed by atoms with Gasteiger partial charge in [0.25, 0.3) is 0 Å². The molecular formula is C28H33F3N2O4. The molecule has 5 atom stereocenters. The smallest absolute Gasteiger partial charge is 0.397 e. The van der Waals surface area contributed by atoms with Crippen LogP contribution in [0, 0.1) is 11.3 Å². The molecule has 0 aromatic heterocycles. The summed E-state index contributed by atoms with van der Waals surface area (Å²) < 4.78 is 50.8. The number of nitrogens with zero attached hydrogens (tertiary/aromatic N) is 2. The fraction of sp³-hybridized carbons (Fsp3) is 0.571. The molecule has 9 heteroatoms. The summed E-state index contributed by atoms with van der Waals surface area (Å²) in [6.45, 7) is 6.10. The summed E-state index contributed by atoms with van der Waals surface area (Å²) >= 11 is 0. The van der Waals surface area contributed by atoms with Crippen LogP contribution >= 0.6 is 0 Å². The van der Waals surface area contributed by atoms with E-state index in [9.17, 15) is 22.8 Å². The van der Waals surface area contributed by atoms with E-state index in [0.29, 0.717) is 13.0 Å². The quantitative estimate of drug-likeness (QED) is 0.526. The highest BCUT2D eigenvalue weighted by molar-refractivity contribution is 5.84. The lowest BCUT2D eigenvalue weighted by Gasteiger charge is -2.46. The summed E-state index contributed by atoms with van der Waals surface area (Å²) in [7, 11) is 1.63. The Balaban J connectivity index is 1.46. The number of piperidine rings is 2. The maximum Gasteiger partial charge on any atom is 0.397 e. The number of hydrogen-bond donors (Lipinski definition) is 0. The first-order valence-electron chi connectivity index (χ1n) is 12.7. The summed E-state index contributed by atoms with van der Waals surface area (Å²) in [6.07, 6.45) is -5.30. The van der Waals surface area contributed by atoms with Crippen LogP contribution in [0.3, 0.4) is 0 Å². The third kappa shape index (κ3) is 5.02. The minimum Gasteiger partial charge on any atom is -0.497 e. The minimum absolute atomic E-state index is 0.0853. The van der Waals surface area contributed by atoms with Crippen LogP contribution in [0.25, 0.3) is 10.8 Å². The summed E-state index contributed by atoms with van der Waals surface area (Å²) in [5, 5.41) is 2.10. The molecule has 37 heavy (non-hydrogen) atoms. The SMILES string of the molecule is COc1ccc2cc(CN3[C@@H]4C[C@@H]5C[C@H]3[C@H](OC(=O)C(C)(C)C)C4N(C(=O)CC(F)(F)F)C5)ccc2c1. The van der Waals surface area contributed by atoms with Gasteiger partial charge in [-0.15, -0.1) is 0 Å². The monoisotopic (exact) mass is 518 g/mol. The zero-order chi connectivity index (χ0) is 26.7. The highest BCUT2D eigenvalue weighted by Gasteiger charge is 2.61. The first kappa shape index (κ1) is 25.8. The topological polar surface area (TPSA) is 59.1 Å². The lowest BCUT2D eigenvalue weighted by Crippen LogP contribution is -2.58. The molecule has 1 amide bonds. The van der Waals surface area contributed by atoms with Gasteiger partial charge in [0.15, 0.2) is 0 Å². The molecule has 3 fully saturated rings. The van der Waals surface area contributed by atoms with Crippen molar-refractivity contribution >= 4 is 22.6 Å². The average molecular weight is 519 g/mol. The first-order valence-corrected chi connectivity index (χ1v) is 12.7. The van der Waals surface area contributed by atoms with Gasteiger partial charge in [-0.1, -0.05) is 18.2 Å². The van der Waals surface area contributed by atoms with Crippen LogP contribution in [0.4, 0.5) is 13.2 Å². The molecule has 2 aromatic rings. The predicted octanol–water partition coefficient (Wildman–Crippen LogP) is 4.93. The molecule has 6 nitrogen and oxygen atoms in total. The van der Waals surface area contributed by atoms with E-state index in [1.165, 1.54) is 4.90 Å². The van der Waals surface area contributed by atoms with E-state index in [-0.39, 0.29) is 24.5 Å². The number of likely N-dealkylation sites (tertiary alicyclic amines) is 1. The average Bonchev–Trinajstić information content (AvgIpc) is 2.93. The molecule has 0 radical (unpaired) electrons. The van der Waals surface area contributed by atoms with Gasteiger partial charge in [0.2, 0.25) is 5.91 Å². The normalized spacial score (nSPS) is 27.5. The van der Waals surface area contributed by atoms with Crippen LogP contribution in [-0.4, -0.2) is 65.7 Å². The van der Waals surface area contributed by atoms with E-state index in [0.717, 1.165) is 28.5 Å². The molecule has 200 valence electrons. The zero-order valence-corrected chi connectivity index (χ0v) is 21.5. The molecule has 3 aliphatic heterocycles. The molecule has 0 saturated carbocycles. The van der Waals surface area contributed by atoms with Gasteiger partial charge in [-0.3, -0.25) is 14.5 Å². The lowest BCUT2D eigenvalue weighted by atomic mass is 9.86. The molecule has 1 unspecified atom stereocenters. The van der Waals surface area contributed by atoms with Crippen molar-refractivity contribution in [3.05, 3.63) is 42.0 Å². The van der Waals surface area contributed by atoms with Crippen LogP contribution in [0.1, 0.15) is 45.6 Å². The van der Waals surface area contributed by atoms with Crippen molar-refractivity contribution in [2.45, 2.75) is 77.0 Å². The van der Waals surface area contributed by atoms with Crippen molar-refractivity contribution in [2.24, 2.45) is 11.3 Å². The van der Waals surface area contributed by atoms with Crippen molar-refractivity contribution < 1.29 is 32.2 Å². The van der Waals surface area contributed by atoms with Crippen LogP contribution in [0.5, 0.6) is 5.75 Å². The van der Waals surface area contributed by atoms with E-state index >= 15 is 0 Å².